The largest absolute Gasteiger partial charge is 0.396 e. The second kappa shape index (κ2) is 6.52. The first-order valence-corrected chi connectivity index (χ1v) is 6.63. The van der Waals surface area contributed by atoms with E-state index in [2.05, 4.69) is 10.6 Å². The lowest BCUT2D eigenvalue weighted by atomic mass is 9.85. The maximum atomic E-state index is 13.0. The molecule has 1 aromatic carbocycles. The topological polar surface area (TPSA) is 61.4 Å². The number of hydrogen-bond acceptors (Lipinski definition) is 2. The summed E-state index contributed by atoms with van der Waals surface area (Å²) in [6, 6.07) is 5.41. The number of hydrogen-bond donors (Lipinski definition) is 3. The fourth-order valence-electron chi connectivity index (χ4n) is 2.52. The van der Waals surface area contributed by atoms with E-state index in [4.69, 9.17) is 0 Å². The molecule has 4 nitrogen and oxygen atoms in total. The van der Waals surface area contributed by atoms with Gasteiger partial charge < -0.3 is 15.7 Å². The van der Waals surface area contributed by atoms with Gasteiger partial charge in [0.25, 0.3) is 0 Å². The lowest BCUT2D eigenvalue weighted by Crippen LogP contribution is -2.45. The molecule has 2 atom stereocenters. The first-order chi connectivity index (χ1) is 9.19. The lowest BCUT2D eigenvalue weighted by molar-refractivity contribution is 0.156. The summed E-state index contributed by atoms with van der Waals surface area (Å²) in [5, 5.41) is 14.7. The molecule has 1 aliphatic carbocycles. The third-order valence-electron chi connectivity index (χ3n) is 3.54. The molecule has 1 saturated carbocycles. The highest BCUT2D eigenvalue weighted by Crippen LogP contribution is 2.24. The Kier molecular flexibility index (Phi) is 4.74. The summed E-state index contributed by atoms with van der Waals surface area (Å²) < 4.78 is 13.0. The third-order valence-corrected chi connectivity index (χ3v) is 3.54. The van der Waals surface area contributed by atoms with Crippen LogP contribution in [0.15, 0.2) is 24.3 Å². The molecule has 19 heavy (non-hydrogen) atoms. The van der Waals surface area contributed by atoms with Crippen LogP contribution in [0.3, 0.4) is 0 Å². The molecule has 0 spiro atoms. The van der Waals surface area contributed by atoms with Crippen LogP contribution >= 0.6 is 0 Å². The number of nitrogens with one attached hydrogen (secondary N) is 2. The molecule has 0 aromatic heterocycles. The van der Waals surface area contributed by atoms with Crippen LogP contribution < -0.4 is 10.6 Å². The van der Waals surface area contributed by atoms with Crippen molar-refractivity contribution in [1.29, 1.82) is 0 Å². The number of anilines is 1. The van der Waals surface area contributed by atoms with Crippen molar-refractivity contribution in [3.8, 4) is 0 Å². The number of rotatable bonds is 3. The first-order valence-electron chi connectivity index (χ1n) is 6.63. The summed E-state index contributed by atoms with van der Waals surface area (Å²) in [4.78, 5) is 11.8. The van der Waals surface area contributed by atoms with E-state index in [1.54, 1.807) is 12.1 Å². The van der Waals surface area contributed by atoms with Crippen molar-refractivity contribution in [2.75, 3.05) is 11.9 Å². The van der Waals surface area contributed by atoms with E-state index in [9.17, 15) is 14.3 Å². The molecule has 2 rings (SSSR count). The van der Waals surface area contributed by atoms with Crippen molar-refractivity contribution in [2.45, 2.75) is 31.7 Å². The van der Waals surface area contributed by atoms with E-state index in [0.29, 0.717) is 5.69 Å². The van der Waals surface area contributed by atoms with Gasteiger partial charge in [-0.3, -0.25) is 0 Å². The van der Waals surface area contributed by atoms with E-state index < -0.39 is 0 Å². The quantitative estimate of drug-likeness (QED) is 0.787. The molecule has 3 N–H and O–H groups in total. The van der Waals surface area contributed by atoms with E-state index in [1.807, 2.05) is 0 Å². The molecule has 1 aliphatic rings. The summed E-state index contributed by atoms with van der Waals surface area (Å²) >= 11 is 0. The Morgan fingerprint density at radius 3 is 2.89 bits per heavy atom. The summed E-state index contributed by atoms with van der Waals surface area (Å²) in [5.41, 5.74) is 0.425. The Hall–Kier alpha value is -1.62. The Morgan fingerprint density at radius 2 is 2.16 bits per heavy atom. The number of carbonyl (C=O) groups is 1. The Labute approximate surface area is 112 Å². The number of carbonyl (C=O) groups excluding carboxylic acids is 1. The summed E-state index contributed by atoms with van der Waals surface area (Å²) in [5.74, 6) is -0.268. The molecule has 0 bridgehead atoms. The van der Waals surface area contributed by atoms with Gasteiger partial charge in [0.1, 0.15) is 5.82 Å². The van der Waals surface area contributed by atoms with Crippen LogP contribution in [-0.2, 0) is 0 Å². The van der Waals surface area contributed by atoms with Gasteiger partial charge >= 0.3 is 6.03 Å². The molecule has 0 heterocycles. The number of aliphatic hydroxyl groups is 1. The van der Waals surface area contributed by atoms with Crippen molar-refractivity contribution in [3.63, 3.8) is 0 Å². The van der Waals surface area contributed by atoms with Gasteiger partial charge in [0, 0.05) is 24.3 Å². The van der Waals surface area contributed by atoms with Gasteiger partial charge in [-0.15, -0.1) is 0 Å². The highest BCUT2D eigenvalue weighted by atomic mass is 19.1. The maximum Gasteiger partial charge on any atom is 0.319 e. The molecule has 0 saturated heterocycles. The zero-order valence-corrected chi connectivity index (χ0v) is 10.7. The summed E-state index contributed by atoms with van der Waals surface area (Å²) in [6.07, 6.45) is 3.96. The normalized spacial score (nSPS) is 22.8. The van der Waals surface area contributed by atoms with E-state index >= 15 is 0 Å². The van der Waals surface area contributed by atoms with Crippen molar-refractivity contribution >= 4 is 11.7 Å². The van der Waals surface area contributed by atoms with Crippen LogP contribution in [0.5, 0.6) is 0 Å². The maximum absolute atomic E-state index is 13.0. The van der Waals surface area contributed by atoms with Crippen LogP contribution in [0.2, 0.25) is 0 Å². The van der Waals surface area contributed by atoms with Crippen molar-refractivity contribution < 1.29 is 14.3 Å². The van der Waals surface area contributed by atoms with E-state index in [-0.39, 0.29) is 30.4 Å². The minimum atomic E-state index is -0.385. The number of aliphatic hydroxyl groups excluding tert-OH is 1. The zero-order chi connectivity index (χ0) is 13.7. The second-order valence-electron chi connectivity index (χ2n) is 4.94. The molecule has 5 heteroatoms. The number of amides is 2. The van der Waals surface area contributed by atoms with Crippen LogP contribution in [0.1, 0.15) is 25.7 Å². The number of urea groups is 1. The molecule has 0 radical (unpaired) electrons. The average molecular weight is 266 g/mol. The fraction of sp³-hybridized carbons (Fsp3) is 0.500. The summed E-state index contributed by atoms with van der Waals surface area (Å²) in [7, 11) is 0. The van der Waals surface area contributed by atoms with E-state index in [1.165, 1.54) is 12.1 Å². The van der Waals surface area contributed by atoms with Crippen LogP contribution in [0.4, 0.5) is 14.9 Å². The highest BCUT2D eigenvalue weighted by Gasteiger charge is 2.25. The molecular formula is C14H19FN2O2. The second-order valence-corrected chi connectivity index (χ2v) is 4.94. The molecule has 2 unspecified atom stereocenters. The monoisotopic (exact) mass is 266 g/mol. The van der Waals surface area contributed by atoms with Gasteiger partial charge in [0.2, 0.25) is 0 Å². The standard InChI is InChI=1S/C14H19FN2O2/c15-11-5-3-6-12(8-11)16-14(19)17-13-7-2-1-4-10(13)9-18/h3,5-6,8,10,13,18H,1-2,4,7,9H2,(H2,16,17,19). The van der Waals surface area contributed by atoms with Gasteiger partial charge in [-0.1, -0.05) is 18.9 Å². The minimum absolute atomic E-state index is 0.00712. The fourth-order valence-corrected chi connectivity index (χ4v) is 2.52. The van der Waals surface area contributed by atoms with Crippen molar-refractivity contribution in [1.82, 2.24) is 5.32 Å². The highest BCUT2D eigenvalue weighted by molar-refractivity contribution is 5.89. The van der Waals surface area contributed by atoms with Crippen LogP contribution in [-0.4, -0.2) is 23.8 Å². The van der Waals surface area contributed by atoms with Gasteiger partial charge in [0.15, 0.2) is 0 Å². The third kappa shape index (κ3) is 3.92. The molecule has 1 fully saturated rings. The Morgan fingerprint density at radius 1 is 1.37 bits per heavy atom. The predicted molar refractivity (Wildman–Crippen MR) is 71.4 cm³/mol. The predicted octanol–water partition coefficient (Wildman–Crippen LogP) is 2.50. The SMILES string of the molecule is O=C(Nc1cccc(F)c1)NC1CCCCC1CO. The Bertz CT molecular complexity index is 439. The smallest absolute Gasteiger partial charge is 0.319 e. The molecular weight excluding hydrogens is 247 g/mol. The van der Waals surface area contributed by atoms with Gasteiger partial charge in [-0.05, 0) is 31.0 Å². The van der Waals surface area contributed by atoms with Gasteiger partial charge in [-0.2, -0.15) is 0 Å². The molecule has 1 aromatic rings. The first kappa shape index (κ1) is 13.8. The van der Waals surface area contributed by atoms with Crippen LogP contribution in [0.25, 0.3) is 0 Å². The van der Waals surface area contributed by atoms with Crippen LogP contribution in [0, 0.1) is 11.7 Å². The lowest BCUT2D eigenvalue weighted by Gasteiger charge is -2.30. The molecule has 104 valence electrons. The zero-order valence-electron chi connectivity index (χ0n) is 10.7. The summed E-state index contributed by atoms with van der Waals surface area (Å²) in [6.45, 7) is 0.0882. The average Bonchev–Trinajstić information content (AvgIpc) is 2.39. The van der Waals surface area contributed by atoms with Gasteiger partial charge in [-0.25, -0.2) is 9.18 Å². The minimum Gasteiger partial charge on any atom is -0.396 e. The van der Waals surface area contributed by atoms with Gasteiger partial charge in [0.05, 0.1) is 0 Å². The van der Waals surface area contributed by atoms with Crippen molar-refractivity contribution in [2.24, 2.45) is 5.92 Å². The number of benzene rings is 1. The molecule has 2 amide bonds. The number of halogens is 1. The molecule has 0 aliphatic heterocycles. The van der Waals surface area contributed by atoms with E-state index in [0.717, 1.165) is 25.7 Å². The van der Waals surface area contributed by atoms with Crippen molar-refractivity contribution in [3.05, 3.63) is 30.1 Å². The Balaban J connectivity index is 1.90.